The molecule has 0 radical (unpaired) electrons. The molecule has 0 spiro atoms. The monoisotopic (exact) mass is 1210 g/mol. The van der Waals surface area contributed by atoms with E-state index in [4.69, 9.17) is 52.1 Å². The van der Waals surface area contributed by atoms with Crippen LogP contribution in [0.15, 0.2) is 12.2 Å². The van der Waals surface area contributed by atoms with Crippen LogP contribution in [0.25, 0.3) is 0 Å². The molecule has 84 heavy (non-hydrogen) atoms. The molecule has 6 saturated heterocycles. The minimum absolute atomic E-state index is 0.0154. The first-order valence-corrected chi connectivity index (χ1v) is 30.2. The zero-order chi connectivity index (χ0) is 61.0. The molecule has 0 aromatic rings. The molecular weight excluding hydrogens is 1120 g/mol. The summed E-state index contributed by atoms with van der Waals surface area (Å²) >= 11 is 0. The van der Waals surface area contributed by atoms with Crippen LogP contribution in [0.1, 0.15) is 99.3 Å². The maximum absolute atomic E-state index is 12.3. The van der Waals surface area contributed by atoms with Crippen molar-refractivity contribution in [2.75, 3.05) is 19.8 Å². The van der Waals surface area contributed by atoms with Gasteiger partial charge in [0.05, 0.1) is 56.4 Å². The lowest BCUT2D eigenvalue weighted by Crippen LogP contribution is -2.66. The molecule has 0 bridgehead atoms. The molecule has 6 heterocycles. The molecule has 0 amide bonds. The number of ether oxygens (including phenoxy) is 11. The van der Waals surface area contributed by atoms with E-state index in [1.165, 1.54) is 6.92 Å². The minimum atomic E-state index is -1.79. The molecule has 0 unspecified atom stereocenters. The van der Waals surface area contributed by atoms with Crippen molar-refractivity contribution in [3.05, 3.63) is 12.2 Å². The first-order valence-electron chi connectivity index (χ1n) is 30.2. The van der Waals surface area contributed by atoms with Crippen molar-refractivity contribution in [1.29, 1.82) is 0 Å². The van der Waals surface area contributed by atoms with Gasteiger partial charge in [-0.3, -0.25) is 0 Å². The number of fused-ring (bicyclic) bond motifs is 7. The molecule has 484 valence electrons. The van der Waals surface area contributed by atoms with Crippen LogP contribution in [0.4, 0.5) is 0 Å². The highest BCUT2D eigenvalue weighted by atomic mass is 16.8. The standard InChI is InChI=1S/C57H94O27/c1-20(19-74-50-44(69)40(65)37(62)31(17-58)79-50)10-13-57(73)21(2)34-30(84-57)16-29-27-9-8-25-14-26(78-51-47(72)43(68)48(24(5)77-51)82-53-46(71)41(66)38(63)32(18-59)80-53)15-33(56(25,7)28(27)11-12-55(29,34)6)81-54-49(42(67)36(61)23(4)76-54)83-52-45(70)39(64)35(60)22(3)75-52/h21-54,58-73H,1,8-19H2,2-7H3/t21-,22-,23+,24-,25+,26+,27+,28-,29-,30-,31+,32+,33+,34-,35-,36+,37+,38+,39+,40-,41-,42-,43-,44+,45+,46+,47+,48-,49+,50+,51-,52-,53-,54-,55-,56-,57+/m0/s1. The van der Waals surface area contributed by atoms with Crippen molar-refractivity contribution in [2.24, 2.45) is 46.3 Å². The molecule has 4 aliphatic carbocycles. The molecule has 0 aromatic carbocycles. The third kappa shape index (κ3) is 11.6. The first kappa shape index (κ1) is 65.6. The summed E-state index contributed by atoms with van der Waals surface area (Å²) in [6, 6.07) is 0. The van der Waals surface area contributed by atoms with Gasteiger partial charge < -0.3 is 134 Å². The van der Waals surface area contributed by atoms with Crippen molar-refractivity contribution >= 4 is 0 Å². The molecule has 10 fully saturated rings. The van der Waals surface area contributed by atoms with Gasteiger partial charge in [0.2, 0.25) is 0 Å². The fraction of sp³-hybridized carbons (Fsp3) is 0.965. The predicted octanol–water partition coefficient (Wildman–Crippen LogP) is -4.16. The number of hydrogen-bond acceptors (Lipinski definition) is 27. The number of aliphatic hydroxyl groups is 16. The lowest BCUT2D eigenvalue weighted by atomic mass is 9.43. The van der Waals surface area contributed by atoms with E-state index >= 15 is 0 Å². The van der Waals surface area contributed by atoms with Gasteiger partial charge in [0.15, 0.2) is 37.2 Å². The Morgan fingerprint density at radius 2 is 1.05 bits per heavy atom. The fourth-order valence-corrected chi connectivity index (χ4v) is 16.9. The van der Waals surface area contributed by atoms with E-state index in [0.29, 0.717) is 31.3 Å². The van der Waals surface area contributed by atoms with Gasteiger partial charge in [0, 0.05) is 18.8 Å². The Labute approximate surface area is 487 Å². The smallest absolute Gasteiger partial charge is 0.187 e. The van der Waals surface area contributed by atoms with E-state index in [2.05, 4.69) is 20.4 Å². The number of rotatable bonds is 16. The maximum Gasteiger partial charge on any atom is 0.187 e. The second-order valence-corrected chi connectivity index (χ2v) is 26.7. The Balaban J connectivity index is 0.864. The van der Waals surface area contributed by atoms with Crippen molar-refractivity contribution in [2.45, 2.75) is 277 Å². The van der Waals surface area contributed by atoms with Crippen LogP contribution in [-0.2, 0) is 52.1 Å². The Bertz CT molecular complexity index is 2220. The highest BCUT2D eigenvalue weighted by Gasteiger charge is 2.70. The molecule has 10 aliphatic rings. The van der Waals surface area contributed by atoms with Gasteiger partial charge in [0.25, 0.3) is 0 Å². The van der Waals surface area contributed by atoms with Gasteiger partial charge in [-0.2, -0.15) is 0 Å². The molecule has 27 nitrogen and oxygen atoms in total. The summed E-state index contributed by atoms with van der Waals surface area (Å²) in [5, 5.41) is 173. The van der Waals surface area contributed by atoms with Gasteiger partial charge in [-0.25, -0.2) is 0 Å². The summed E-state index contributed by atoms with van der Waals surface area (Å²) in [6.45, 7) is 13.8. The molecule has 10 rings (SSSR count). The van der Waals surface area contributed by atoms with Crippen LogP contribution in [0.5, 0.6) is 0 Å². The molecule has 6 aliphatic heterocycles. The quantitative estimate of drug-likeness (QED) is 0.0515. The van der Waals surface area contributed by atoms with Gasteiger partial charge in [0.1, 0.15) is 104 Å². The molecule has 37 atom stereocenters. The molecule has 27 heteroatoms. The third-order valence-corrected chi connectivity index (χ3v) is 21.9. The SMILES string of the molecule is C=C(CC[C@@]1(O)O[C@H]2C[C@H]3[C@@H]4CC[C@@H]5C[C@@H](O[C@@H]6O[C@@H](C)[C@H](O[C@@H]7O[C@H](CO)[C@@H](O)[C@H](O)[C@H]7O)[C@@H](O)[C@H]6O)C[C@@H](O[C@@H]6O[C@H](C)[C@@H](O)[C@H](O)[C@H]6O[C@@H]6O[C@@H](C)[C@H](O)[C@@H](O)[C@H]6O)[C@]5(C)[C@H]4CC[C@]3(C)[C@H]2[C@@H]1C)CO[C@@H]1O[C@H](CO)[C@@H](O)[C@H](O)[C@H]1O. The van der Waals surface area contributed by atoms with Gasteiger partial charge >= 0.3 is 0 Å². The summed E-state index contributed by atoms with van der Waals surface area (Å²) in [4.78, 5) is 0. The van der Waals surface area contributed by atoms with E-state index < -0.39 is 190 Å². The van der Waals surface area contributed by atoms with Crippen LogP contribution in [0.2, 0.25) is 0 Å². The first-order chi connectivity index (χ1) is 39.6. The van der Waals surface area contributed by atoms with Crippen LogP contribution in [-0.4, -0.2) is 279 Å². The van der Waals surface area contributed by atoms with Gasteiger partial charge in [-0.15, -0.1) is 0 Å². The average molecular weight is 1210 g/mol. The Morgan fingerprint density at radius 1 is 0.524 bits per heavy atom. The Kier molecular flexibility index (Phi) is 19.8. The average Bonchev–Trinajstić information content (AvgIpc) is 1.99. The van der Waals surface area contributed by atoms with E-state index in [-0.39, 0.29) is 66.5 Å². The highest BCUT2D eigenvalue weighted by molar-refractivity contribution is 5.17. The normalized spacial score (nSPS) is 56.7. The van der Waals surface area contributed by atoms with E-state index in [1.54, 1.807) is 13.8 Å². The second kappa shape index (κ2) is 25.4. The summed E-state index contributed by atoms with van der Waals surface area (Å²) in [7, 11) is 0. The summed E-state index contributed by atoms with van der Waals surface area (Å²) < 4.78 is 67.8. The number of aliphatic hydroxyl groups excluding tert-OH is 15. The Morgan fingerprint density at radius 3 is 1.69 bits per heavy atom. The van der Waals surface area contributed by atoms with Crippen LogP contribution < -0.4 is 0 Å². The van der Waals surface area contributed by atoms with Crippen LogP contribution in [0, 0.1) is 46.3 Å². The maximum atomic E-state index is 12.3. The van der Waals surface area contributed by atoms with Crippen LogP contribution in [0.3, 0.4) is 0 Å². The highest BCUT2D eigenvalue weighted by Crippen LogP contribution is 2.71. The molecule has 4 saturated carbocycles. The van der Waals surface area contributed by atoms with Crippen LogP contribution >= 0.6 is 0 Å². The molecule has 0 aromatic heterocycles. The summed E-state index contributed by atoms with van der Waals surface area (Å²) in [5.74, 6) is -1.58. The number of hydrogen-bond donors (Lipinski definition) is 16. The molecular formula is C57H94O27. The van der Waals surface area contributed by atoms with E-state index in [1.807, 2.05) is 6.92 Å². The summed E-state index contributed by atoms with van der Waals surface area (Å²) in [6.07, 6.45) is -34.0. The minimum Gasteiger partial charge on any atom is -0.394 e. The van der Waals surface area contributed by atoms with E-state index in [0.717, 1.165) is 19.3 Å². The zero-order valence-corrected chi connectivity index (χ0v) is 48.5. The van der Waals surface area contributed by atoms with Gasteiger partial charge in [-0.05, 0) is 106 Å². The van der Waals surface area contributed by atoms with Gasteiger partial charge in [-0.1, -0.05) is 32.9 Å². The fourth-order valence-electron chi connectivity index (χ4n) is 16.9. The van der Waals surface area contributed by atoms with Crippen molar-refractivity contribution in [3.63, 3.8) is 0 Å². The zero-order valence-electron chi connectivity index (χ0n) is 48.5. The lowest BCUT2D eigenvalue weighted by Gasteiger charge is -2.63. The predicted molar refractivity (Wildman–Crippen MR) is 281 cm³/mol. The van der Waals surface area contributed by atoms with Crippen molar-refractivity contribution in [1.82, 2.24) is 0 Å². The molecule has 16 N–H and O–H groups in total. The summed E-state index contributed by atoms with van der Waals surface area (Å²) in [5.41, 5.74) is -0.344. The largest absolute Gasteiger partial charge is 0.394 e. The topological polar surface area (TPSA) is 425 Å². The van der Waals surface area contributed by atoms with E-state index in [9.17, 15) is 81.7 Å². The van der Waals surface area contributed by atoms with Crippen molar-refractivity contribution in [3.8, 4) is 0 Å². The Hall–Kier alpha value is -1.34. The van der Waals surface area contributed by atoms with Crippen molar-refractivity contribution < 1.29 is 134 Å². The lowest BCUT2D eigenvalue weighted by molar-refractivity contribution is -0.379. The second-order valence-electron chi connectivity index (χ2n) is 26.7. The third-order valence-electron chi connectivity index (χ3n) is 21.9.